The average Bonchev–Trinajstić information content (AvgIpc) is 2.64. The van der Waals surface area contributed by atoms with Crippen molar-refractivity contribution in [3.8, 4) is 40.1 Å². The minimum absolute atomic E-state index is 0.0163. The molecule has 4 rings (SSSR count). The molecule has 1 aromatic heterocycles. The average molecular weight is 380 g/mol. The molecule has 0 saturated heterocycles. The number of aromatic hydroxyl groups is 5. The number of phenols is 5. The van der Waals surface area contributed by atoms with Gasteiger partial charge in [0.05, 0.1) is 0 Å². The minimum atomic E-state index is -0.490. The van der Waals surface area contributed by atoms with Gasteiger partial charge in [0.1, 0.15) is 34.0 Å². The van der Waals surface area contributed by atoms with Crippen molar-refractivity contribution in [3.63, 3.8) is 0 Å². The molecule has 5 N–H and O–H groups in total. The topological polar surface area (TPSA) is 131 Å². The normalized spacial score (nSPS) is 10.3. The van der Waals surface area contributed by atoms with E-state index < -0.39 is 5.43 Å². The van der Waals surface area contributed by atoms with Crippen molar-refractivity contribution in [2.75, 3.05) is 0 Å². The van der Waals surface area contributed by atoms with Crippen molar-refractivity contribution >= 4 is 11.0 Å². The molecule has 7 heteroatoms. The second kappa shape index (κ2) is 7.63. The standard InChI is InChI=1S/C15H10O6.C6H6O/c16-8-4-11(19)15-12(20)6-13(21-14(15)5-8)7-1-2-9(17)10(18)3-7;7-6-4-2-1-3-5-6/h1-6,16-19H;1-5,7H. The van der Waals surface area contributed by atoms with Crippen LogP contribution in [0.2, 0.25) is 0 Å². The number of rotatable bonds is 1. The summed E-state index contributed by atoms with van der Waals surface area (Å²) in [5.74, 6) is -0.811. The second-order valence-corrected chi connectivity index (χ2v) is 5.85. The van der Waals surface area contributed by atoms with Gasteiger partial charge in [-0.05, 0) is 30.3 Å². The highest BCUT2D eigenvalue weighted by Crippen LogP contribution is 2.33. The molecule has 0 saturated carbocycles. The van der Waals surface area contributed by atoms with Gasteiger partial charge in [-0.2, -0.15) is 0 Å². The number of fused-ring (bicyclic) bond motifs is 1. The Morgan fingerprint density at radius 1 is 0.643 bits per heavy atom. The highest BCUT2D eigenvalue weighted by molar-refractivity contribution is 5.86. The number of benzene rings is 3. The first-order valence-electron chi connectivity index (χ1n) is 8.11. The third kappa shape index (κ3) is 3.99. The van der Waals surface area contributed by atoms with Gasteiger partial charge in [-0.3, -0.25) is 4.79 Å². The summed E-state index contributed by atoms with van der Waals surface area (Å²) in [5.41, 5.74) is -0.106. The summed E-state index contributed by atoms with van der Waals surface area (Å²) in [6.45, 7) is 0. The maximum Gasteiger partial charge on any atom is 0.197 e. The smallest absolute Gasteiger partial charge is 0.197 e. The van der Waals surface area contributed by atoms with E-state index in [0.717, 1.165) is 12.1 Å². The van der Waals surface area contributed by atoms with Crippen molar-refractivity contribution in [2.24, 2.45) is 0 Å². The monoisotopic (exact) mass is 380 g/mol. The maximum atomic E-state index is 12.0. The largest absolute Gasteiger partial charge is 0.508 e. The zero-order valence-corrected chi connectivity index (χ0v) is 14.4. The van der Waals surface area contributed by atoms with Gasteiger partial charge in [-0.25, -0.2) is 0 Å². The van der Waals surface area contributed by atoms with E-state index in [1.807, 2.05) is 6.07 Å². The van der Waals surface area contributed by atoms with Crippen LogP contribution in [0.3, 0.4) is 0 Å². The first kappa shape index (κ1) is 18.7. The molecule has 0 amide bonds. The van der Waals surface area contributed by atoms with Crippen LogP contribution in [-0.4, -0.2) is 25.5 Å². The van der Waals surface area contributed by atoms with Crippen LogP contribution < -0.4 is 5.43 Å². The van der Waals surface area contributed by atoms with Crippen LogP contribution in [0.5, 0.6) is 28.7 Å². The fourth-order valence-electron chi connectivity index (χ4n) is 2.50. The van der Waals surface area contributed by atoms with E-state index in [0.29, 0.717) is 11.3 Å². The molecule has 0 bridgehead atoms. The Hall–Kier alpha value is -4.13. The first-order chi connectivity index (χ1) is 13.3. The molecule has 1 heterocycles. The van der Waals surface area contributed by atoms with Crippen LogP contribution in [0.25, 0.3) is 22.3 Å². The van der Waals surface area contributed by atoms with Crippen molar-refractivity contribution in [1.29, 1.82) is 0 Å². The van der Waals surface area contributed by atoms with Gasteiger partial charge >= 0.3 is 0 Å². The molecular formula is C21H16O7. The van der Waals surface area contributed by atoms with Gasteiger partial charge in [0, 0.05) is 23.8 Å². The zero-order valence-electron chi connectivity index (χ0n) is 14.4. The Labute approximate surface area is 158 Å². The highest BCUT2D eigenvalue weighted by atomic mass is 16.3. The van der Waals surface area contributed by atoms with Crippen molar-refractivity contribution in [3.05, 3.63) is 77.0 Å². The van der Waals surface area contributed by atoms with Crippen LogP contribution in [0.4, 0.5) is 0 Å². The van der Waals surface area contributed by atoms with E-state index in [4.69, 9.17) is 9.52 Å². The molecule has 0 spiro atoms. The van der Waals surface area contributed by atoms with E-state index in [2.05, 4.69) is 0 Å². The van der Waals surface area contributed by atoms with E-state index >= 15 is 0 Å². The lowest BCUT2D eigenvalue weighted by atomic mass is 10.1. The summed E-state index contributed by atoms with van der Waals surface area (Å²) >= 11 is 0. The first-order valence-corrected chi connectivity index (χ1v) is 8.11. The van der Waals surface area contributed by atoms with E-state index in [-0.39, 0.29) is 39.7 Å². The second-order valence-electron chi connectivity index (χ2n) is 5.85. The summed E-state index contributed by atoms with van der Waals surface area (Å²) < 4.78 is 5.47. The SMILES string of the molecule is O=c1cc(-c2ccc(O)c(O)c2)oc2cc(O)cc(O)c12.Oc1ccccc1. The number of hydrogen-bond acceptors (Lipinski definition) is 7. The quantitative estimate of drug-likeness (QED) is 0.318. The third-order valence-corrected chi connectivity index (χ3v) is 3.81. The molecule has 0 aliphatic rings. The summed E-state index contributed by atoms with van der Waals surface area (Å²) in [4.78, 5) is 12.0. The van der Waals surface area contributed by atoms with Crippen LogP contribution >= 0.6 is 0 Å². The van der Waals surface area contributed by atoms with E-state index in [9.17, 15) is 25.2 Å². The molecule has 7 nitrogen and oxygen atoms in total. The molecule has 4 aromatic rings. The van der Waals surface area contributed by atoms with Crippen molar-refractivity contribution in [2.45, 2.75) is 0 Å². The van der Waals surface area contributed by atoms with Crippen molar-refractivity contribution in [1.82, 2.24) is 0 Å². The van der Waals surface area contributed by atoms with Gasteiger partial charge in [-0.15, -0.1) is 0 Å². The molecule has 28 heavy (non-hydrogen) atoms. The highest BCUT2D eigenvalue weighted by Gasteiger charge is 2.13. The Kier molecular flexibility index (Phi) is 5.08. The van der Waals surface area contributed by atoms with Crippen LogP contribution in [-0.2, 0) is 0 Å². The molecule has 0 aliphatic heterocycles. The van der Waals surface area contributed by atoms with Crippen LogP contribution in [0, 0.1) is 0 Å². The van der Waals surface area contributed by atoms with Crippen LogP contribution in [0.15, 0.2) is 75.9 Å². The summed E-state index contributed by atoms with van der Waals surface area (Å²) in [5, 5.41) is 46.5. The molecular weight excluding hydrogens is 364 g/mol. The van der Waals surface area contributed by atoms with Gasteiger partial charge in [0.2, 0.25) is 0 Å². The number of para-hydroxylation sites is 1. The minimum Gasteiger partial charge on any atom is -0.508 e. The van der Waals surface area contributed by atoms with E-state index in [1.54, 1.807) is 24.3 Å². The van der Waals surface area contributed by atoms with Gasteiger partial charge < -0.3 is 29.9 Å². The molecule has 0 aliphatic carbocycles. The van der Waals surface area contributed by atoms with Crippen molar-refractivity contribution < 1.29 is 29.9 Å². The number of phenolic OH excluding ortho intramolecular Hbond substituents is 5. The third-order valence-electron chi connectivity index (χ3n) is 3.81. The Balaban J connectivity index is 0.000000271. The summed E-state index contributed by atoms with van der Waals surface area (Å²) in [6, 6.07) is 16.1. The maximum absolute atomic E-state index is 12.0. The fraction of sp³-hybridized carbons (Fsp3) is 0. The lowest BCUT2D eigenvalue weighted by Crippen LogP contribution is -2.00. The molecule has 0 atom stereocenters. The predicted octanol–water partition coefficient (Wildman–Crippen LogP) is 3.67. The van der Waals surface area contributed by atoms with E-state index in [1.165, 1.54) is 24.3 Å². The van der Waals surface area contributed by atoms with Gasteiger partial charge in [0.15, 0.2) is 16.9 Å². The molecule has 0 radical (unpaired) electrons. The summed E-state index contributed by atoms with van der Waals surface area (Å²) in [7, 11) is 0. The van der Waals surface area contributed by atoms with Gasteiger partial charge in [0.25, 0.3) is 0 Å². The molecule has 3 aromatic carbocycles. The fourth-order valence-corrected chi connectivity index (χ4v) is 2.50. The lowest BCUT2D eigenvalue weighted by molar-refractivity contribution is 0.404. The summed E-state index contributed by atoms with van der Waals surface area (Å²) in [6.07, 6.45) is 0. The molecule has 0 unspecified atom stereocenters. The molecule has 0 fully saturated rings. The van der Waals surface area contributed by atoms with Crippen LogP contribution in [0.1, 0.15) is 0 Å². The van der Waals surface area contributed by atoms with Gasteiger partial charge in [-0.1, -0.05) is 18.2 Å². The molecule has 142 valence electrons. The Morgan fingerprint density at radius 3 is 1.96 bits per heavy atom. The Bertz CT molecular complexity index is 1180. The number of hydrogen-bond donors (Lipinski definition) is 5. The lowest BCUT2D eigenvalue weighted by Gasteiger charge is -2.06. The zero-order chi connectivity index (χ0) is 20.3. The predicted molar refractivity (Wildman–Crippen MR) is 103 cm³/mol. The Morgan fingerprint density at radius 2 is 1.36 bits per heavy atom.